The number of hydrogen-bond donors (Lipinski definition) is 1. The summed E-state index contributed by atoms with van der Waals surface area (Å²) in [6, 6.07) is 5.25. The van der Waals surface area contributed by atoms with Crippen molar-refractivity contribution in [3.63, 3.8) is 0 Å². The Labute approximate surface area is 155 Å². The van der Waals surface area contributed by atoms with Crippen LogP contribution >= 0.6 is 0 Å². The molecule has 142 valence electrons. The second kappa shape index (κ2) is 7.02. The van der Waals surface area contributed by atoms with Crippen molar-refractivity contribution in [1.82, 2.24) is 19.7 Å². The summed E-state index contributed by atoms with van der Waals surface area (Å²) in [4.78, 5) is 8.96. The highest BCUT2D eigenvalue weighted by atomic mass is 19.4. The number of halogens is 3. The van der Waals surface area contributed by atoms with Crippen LogP contribution in [0.15, 0.2) is 30.5 Å². The van der Waals surface area contributed by atoms with Crippen LogP contribution in [0.2, 0.25) is 0 Å². The summed E-state index contributed by atoms with van der Waals surface area (Å²) in [5.41, 5.74) is 3.30. The molecule has 0 radical (unpaired) electrons. The Morgan fingerprint density at radius 3 is 2.52 bits per heavy atom. The molecule has 0 aliphatic carbocycles. The van der Waals surface area contributed by atoms with Crippen LogP contribution in [0.5, 0.6) is 0 Å². The molecule has 0 unspecified atom stereocenters. The van der Waals surface area contributed by atoms with E-state index in [0.29, 0.717) is 17.2 Å². The number of anilines is 1. The van der Waals surface area contributed by atoms with E-state index >= 15 is 0 Å². The minimum absolute atomic E-state index is 0.228. The monoisotopic (exact) mass is 375 g/mol. The van der Waals surface area contributed by atoms with Gasteiger partial charge in [-0.15, -0.1) is 0 Å². The van der Waals surface area contributed by atoms with Crippen molar-refractivity contribution in [2.45, 2.75) is 33.5 Å². The molecule has 0 aliphatic heterocycles. The van der Waals surface area contributed by atoms with Crippen LogP contribution in [0.4, 0.5) is 19.0 Å². The standard InChI is InChI=1S/C19H20F3N5/c1-11-9-23-18(16-12(2)26-27(4)13(16)3)25-17(11)24-10-14-6-5-7-15(8-14)19(20,21)22/h5-9H,10H2,1-4H3,(H,23,24,25). The van der Waals surface area contributed by atoms with E-state index in [9.17, 15) is 13.2 Å². The Hall–Kier alpha value is -2.90. The number of rotatable bonds is 4. The van der Waals surface area contributed by atoms with Crippen molar-refractivity contribution >= 4 is 5.82 Å². The number of hydrogen-bond acceptors (Lipinski definition) is 4. The summed E-state index contributed by atoms with van der Waals surface area (Å²) in [7, 11) is 1.85. The zero-order valence-electron chi connectivity index (χ0n) is 15.5. The van der Waals surface area contributed by atoms with Gasteiger partial charge in [-0.2, -0.15) is 18.3 Å². The van der Waals surface area contributed by atoms with Gasteiger partial charge < -0.3 is 5.32 Å². The number of benzene rings is 1. The van der Waals surface area contributed by atoms with Gasteiger partial charge in [0.2, 0.25) is 0 Å². The number of aromatic nitrogens is 4. The number of nitrogens with zero attached hydrogens (tertiary/aromatic N) is 4. The zero-order valence-corrected chi connectivity index (χ0v) is 15.5. The lowest BCUT2D eigenvalue weighted by Crippen LogP contribution is -2.08. The van der Waals surface area contributed by atoms with Crippen LogP contribution < -0.4 is 5.32 Å². The average Bonchev–Trinajstić information content (AvgIpc) is 2.86. The van der Waals surface area contributed by atoms with Gasteiger partial charge in [-0.05, 0) is 38.5 Å². The van der Waals surface area contributed by atoms with Gasteiger partial charge in [-0.3, -0.25) is 4.68 Å². The molecule has 0 spiro atoms. The molecular formula is C19H20F3N5. The van der Waals surface area contributed by atoms with Crippen molar-refractivity contribution in [3.8, 4) is 11.4 Å². The van der Waals surface area contributed by atoms with Gasteiger partial charge in [0, 0.05) is 31.0 Å². The fourth-order valence-electron chi connectivity index (χ4n) is 2.88. The highest BCUT2D eigenvalue weighted by Gasteiger charge is 2.30. The molecule has 5 nitrogen and oxygen atoms in total. The van der Waals surface area contributed by atoms with Crippen molar-refractivity contribution in [2.24, 2.45) is 7.05 Å². The van der Waals surface area contributed by atoms with Crippen LogP contribution in [-0.4, -0.2) is 19.7 Å². The van der Waals surface area contributed by atoms with E-state index in [0.717, 1.165) is 34.6 Å². The van der Waals surface area contributed by atoms with Crippen LogP contribution in [0.1, 0.15) is 28.1 Å². The van der Waals surface area contributed by atoms with E-state index in [2.05, 4.69) is 20.4 Å². The van der Waals surface area contributed by atoms with Crippen molar-refractivity contribution in [2.75, 3.05) is 5.32 Å². The second-order valence-electron chi connectivity index (χ2n) is 6.45. The van der Waals surface area contributed by atoms with Crippen LogP contribution in [0, 0.1) is 20.8 Å². The molecule has 1 N–H and O–H groups in total. The van der Waals surface area contributed by atoms with Crippen LogP contribution in [0.3, 0.4) is 0 Å². The van der Waals surface area contributed by atoms with E-state index in [1.165, 1.54) is 6.07 Å². The summed E-state index contributed by atoms with van der Waals surface area (Å²) in [6.45, 7) is 5.91. The molecule has 3 aromatic rings. The van der Waals surface area contributed by atoms with Crippen molar-refractivity contribution in [1.29, 1.82) is 0 Å². The Kier molecular flexibility index (Phi) is 4.91. The second-order valence-corrected chi connectivity index (χ2v) is 6.45. The molecule has 0 aliphatic rings. The zero-order chi connectivity index (χ0) is 19.8. The molecule has 0 amide bonds. The normalized spacial score (nSPS) is 11.7. The highest BCUT2D eigenvalue weighted by molar-refractivity contribution is 5.63. The van der Waals surface area contributed by atoms with Gasteiger partial charge >= 0.3 is 6.18 Å². The summed E-state index contributed by atoms with van der Waals surface area (Å²) in [5, 5.41) is 7.49. The molecule has 2 heterocycles. The molecule has 1 aromatic carbocycles. The Balaban J connectivity index is 1.86. The predicted octanol–water partition coefficient (Wildman–Crippen LogP) is 4.43. The lowest BCUT2D eigenvalue weighted by atomic mass is 10.1. The highest BCUT2D eigenvalue weighted by Crippen LogP contribution is 2.30. The fourth-order valence-corrected chi connectivity index (χ4v) is 2.88. The summed E-state index contributed by atoms with van der Waals surface area (Å²) < 4.78 is 40.4. The third-order valence-electron chi connectivity index (χ3n) is 4.42. The quantitative estimate of drug-likeness (QED) is 0.733. The molecule has 8 heteroatoms. The maximum Gasteiger partial charge on any atom is 0.416 e. The first kappa shape index (κ1) is 18.9. The van der Waals surface area contributed by atoms with Gasteiger partial charge in [0.1, 0.15) is 5.82 Å². The Morgan fingerprint density at radius 1 is 1.15 bits per heavy atom. The van der Waals surface area contributed by atoms with E-state index < -0.39 is 11.7 Å². The third kappa shape index (κ3) is 3.94. The maximum atomic E-state index is 12.9. The van der Waals surface area contributed by atoms with Crippen molar-refractivity contribution < 1.29 is 13.2 Å². The van der Waals surface area contributed by atoms with Crippen molar-refractivity contribution in [3.05, 3.63) is 58.5 Å². The number of alkyl halides is 3. The third-order valence-corrected chi connectivity index (χ3v) is 4.42. The number of aryl methyl sites for hydroxylation is 3. The molecule has 0 fully saturated rings. The number of nitrogens with one attached hydrogen (secondary N) is 1. The minimum atomic E-state index is -4.36. The summed E-state index contributed by atoms with van der Waals surface area (Å²) in [5.74, 6) is 1.12. The first-order valence-corrected chi connectivity index (χ1v) is 8.41. The van der Waals surface area contributed by atoms with E-state index in [1.807, 2.05) is 27.8 Å². The Bertz CT molecular complexity index is 976. The van der Waals surface area contributed by atoms with E-state index in [1.54, 1.807) is 16.9 Å². The molecule has 0 bridgehead atoms. The van der Waals surface area contributed by atoms with Gasteiger partial charge in [0.05, 0.1) is 16.8 Å². The van der Waals surface area contributed by atoms with Crippen LogP contribution in [0.25, 0.3) is 11.4 Å². The van der Waals surface area contributed by atoms with E-state index in [4.69, 9.17) is 0 Å². The van der Waals surface area contributed by atoms with Gasteiger partial charge in [-0.25, -0.2) is 9.97 Å². The lowest BCUT2D eigenvalue weighted by molar-refractivity contribution is -0.137. The summed E-state index contributed by atoms with van der Waals surface area (Å²) in [6.07, 6.45) is -2.66. The first-order valence-electron chi connectivity index (χ1n) is 8.41. The van der Waals surface area contributed by atoms with Gasteiger partial charge in [-0.1, -0.05) is 12.1 Å². The summed E-state index contributed by atoms with van der Waals surface area (Å²) >= 11 is 0. The predicted molar refractivity (Wildman–Crippen MR) is 97.2 cm³/mol. The molecule has 2 aromatic heterocycles. The van der Waals surface area contributed by atoms with Gasteiger partial charge in [0.15, 0.2) is 5.82 Å². The molecule has 0 atom stereocenters. The Morgan fingerprint density at radius 2 is 1.89 bits per heavy atom. The largest absolute Gasteiger partial charge is 0.416 e. The molecule has 3 rings (SSSR count). The molecule has 0 saturated heterocycles. The molecular weight excluding hydrogens is 355 g/mol. The fraction of sp³-hybridized carbons (Fsp3) is 0.316. The maximum absolute atomic E-state index is 12.9. The SMILES string of the molecule is Cc1cnc(-c2c(C)nn(C)c2C)nc1NCc1cccc(C(F)(F)F)c1. The molecule has 0 saturated carbocycles. The lowest BCUT2D eigenvalue weighted by Gasteiger charge is -2.12. The minimum Gasteiger partial charge on any atom is -0.366 e. The van der Waals surface area contributed by atoms with E-state index in [-0.39, 0.29) is 6.54 Å². The smallest absolute Gasteiger partial charge is 0.366 e. The molecule has 27 heavy (non-hydrogen) atoms. The topological polar surface area (TPSA) is 55.6 Å². The van der Waals surface area contributed by atoms with Gasteiger partial charge in [0.25, 0.3) is 0 Å². The van der Waals surface area contributed by atoms with Crippen LogP contribution in [-0.2, 0) is 19.8 Å². The average molecular weight is 375 g/mol. The first-order chi connectivity index (χ1) is 12.7.